The Labute approximate surface area is 137 Å². The Morgan fingerprint density at radius 3 is 2.74 bits per heavy atom. The largest absolute Gasteiger partial charge is 0.300 e. The first-order chi connectivity index (χ1) is 11.1. The summed E-state index contributed by atoms with van der Waals surface area (Å²) in [4.78, 5) is 17.5. The standard InChI is InChI=1S/C15H16N6OS/c1-10-3-5-12(6-4-10)7-13-11(2)17-15(23-13)18-14(22)8-21-9-16-19-20-21/h3-6,9H,7-8H2,1-2H3,(H,17,18,22). The van der Waals surface area contributed by atoms with E-state index in [0.29, 0.717) is 5.13 Å². The van der Waals surface area contributed by atoms with Gasteiger partial charge in [0.25, 0.3) is 0 Å². The molecule has 118 valence electrons. The molecule has 0 saturated heterocycles. The Morgan fingerprint density at radius 2 is 2.04 bits per heavy atom. The summed E-state index contributed by atoms with van der Waals surface area (Å²) < 4.78 is 1.36. The minimum Gasteiger partial charge on any atom is -0.300 e. The molecule has 0 aliphatic carbocycles. The van der Waals surface area contributed by atoms with Crippen molar-refractivity contribution in [2.45, 2.75) is 26.8 Å². The summed E-state index contributed by atoms with van der Waals surface area (Å²) in [7, 11) is 0. The van der Waals surface area contributed by atoms with Crippen LogP contribution in [0.25, 0.3) is 0 Å². The van der Waals surface area contributed by atoms with Crippen LogP contribution in [-0.4, -0.2) is 31.1 Å². The van der Waals surface area contributed by atoms with Crippen LogP contribution in [0.4, 0.5) is 5.13 Å². The molecule has 0 atom stereocenters. The number of aryl methyl sites for hydroxylation is 2. The number of nitrogens with zero attached hydrogens (tertiary/aromatic N) is 5. The number of carbonyl (C=O) groups excluding carboxylic acids is 1. The molecule has 1 amide bonds. The zero-order valence-corrected chi connectivity index (χ0v) is 13.7. The number of hydrogen-bond donors (Lipinski definition) is 1. The third kappa shape index (κ3) is 3.98. The molecule has 23 heavy (non-hydrogen) atoms. The smallest absolute Gasteiger partial charge is 0.248 e. The molecule has 0 aliphatic rings. The number of amides is 1. The van der Waals surface area contributed by atoms with Crippen LogP contribution < -0.4 is 5.32 Å². The van der Waals surface area contributed by atoms with E-state index in [2.05, 4.69) is 57.0 Å². The molecule has 0 unspecified atom stereocenters. The molecule has 2 aromatic heterocycles. The minimum atomic E-state index is -0.201. The van der Waals surface area contributed by atoms with Crippen molar-refractivity contribution in [1.29, 1.82) is 0 Å². The van der Waals surface area contributed by atoms with Crippen molar-refractivity contribution in [2.75, 3.05) is 5.32 Å². The molecule has 1 aromatic carbocycles. The average molecular weight is 328 g/mol. The van der Waals surface area contributed by atoms with Crippen molar-refractivity contribution in [3.63, 3.8) is 0 Å². The second kappa shape index (κ2) is 6.66. The van der Waals surface area contributed by atoms with E-state index in [4.69, 9.17) is 0 Å². The lowest BCUT2D eigenvalue weighted by Crippen LogP contribution is -2.19. The van der Waals surface area contributed by atoms with Crippen LogP contribution in [0.3, 0.4) is 0 Å². The number of carbonyl (C=O) groups is 1. The summed E-state index contributed by atoms with van der Waals surface area (Å²) in [6.07, 6.45) is 2.21. The van der Waals surface area contributed by atoms with Gasteiger partial charge in [0.2, 0.25) is 5.91 Å². The van der Waals surface area contributed by atoms with Crippen LogP contribution in [-0.2, 0) is 17.8 Å². The van der Waals surface area contributed by atoms with Gasteiger partial charge in [-0.1, -0.05) is 29.8 Å². The topological polar surface area (TPSA) is 85.6 Å². The zero-order chi connectivity index (χ0) is 16.2. The maximum absolute atomic E-state index is 11.9. The molecule has 0 aliphatic heterocycles. The Hall–Kier alpha value is -2.61. The van der Waals surface area contributed by atoms with Crippen LogP contribution in [0.1, 0.15) is 21.7 Å². The maximum Gasteiger partial charge on any atom is 0.248 e. The zero-order valence-electron chi connectivity index (χ0n) is 12.9. The predicted octanol–water partition coefficient (Wildman–Crippen LogP) is 1.98. The van der Waals surface area contributed by atoms with Crippen LogP contribution in [0.2, 0.25) is 0 Å². The van der Waals surface area contributed by atoms with E-state index in [1.165, 1.54) is 33.5 Å². The fraction of sp³-hybridized carbons (Fsp3) is 0.267. The Bertz CT molecular complexity index is 794. The normalized spacial score (nSPS) is 10.7. The van der Waals surface area contributed by atoms with Gasteiger partial charge in [-0.25, -0.2) is 9.67 Å². The number of benzene rings is 1. The Morgan fingerprint density at radius 1 is 1.26 bits per heavy atom. The number of anilines is 1. The first kappa shape index (κ1) is 15.3. The van der Waals surface area contributed by atoms with Gasteiger partial charge in [-0.15, -0.1) is 16.4 Å². The summed E-state index contributed by atoms with van der Waals surface area (Å²) in [5, 5.41) is 14.0. The molecular weight excluding hydrogens is 312 g/mol. The molecule has 2 heterocycles. The lowest BCUT2D eigenvalue weighted by molar-refractivity contribution is -0.116. The monoisotopic (exact) mass is 328 g/mol. The van der Waals surface area contributed by atoms with Gasteiger partial charge >= 0.3 is 0 Å². The fourth-order valence-electron chi connectivity index (χ4n) is 2.10. The number of nitrogens with one attached hydrogen (secondary N) is 1. The van der Waals surface area contributed by atoms with Gasteiger partial charge in [0.15, 0.2) is 5.13 Å². The van der Waals surface area contributed by atoms with E-state index in [1.807, 2.05) is 6.92 Å². The molecule has 3 aromatic rings. The van der Waals surface area contributed by atoms with Crippen LogP contribution in [0, 0.1) is 13.8 Å². The molecule has 3 rings (SSSR count). The SMILES string of the molecule is Cc1ccc(Cc2sc(NC(=O)Cn3cnnn3)nc2C)cc1. The summed E-state index contributed by atoms with van der Waals surface area (Å²) in [5.41, 5.74) is 3.41. The number of aromatic nitrogens is 5. The highest BCUT2D eigenvalue weighted by atomic mass is 32.1. The molecule has 0 radical (unpaired) electrons. The van der Waals surface area contributed by atoms with E-state index >= 15 is 0 Å². The van der Waals surface area contributed by atoms with Gasteiger partial charge in [0.05, 0.1) is 5.69 Å². The number of rotatable bonds is 5. The van der Waals surface area contributed by atoms with Gasteiger partial charge in [-0.3, -0.25) is 4.79 Å². The minimum absolute atomic E-state index is 0.0684. The van der Waals surface area contributed by atoms with E-state index in [-0.39, 0.29) is 12.5 Å². The average Bonchev–Trinajstić information content (AvgIpc) is 3.12. The fourth-order valence-corrected chi connectivity index (χ4v) is 3.11. The van der Waals surface area contributed by atoms with Crippen molar-refractivity contribution in [3.8, 4) is 0 Å². The van der Waals surface area contributed by atoms with E-state index in [0.717, 1.165) is 17.0 Å². The van der Waals surface area contributed by atoms with Gasteiger partial charge in [-0.05, 0) is 29.8 Å². The third-order valence-electron chi connectivity index (χ3n) is 3.32. The van der Waals surface area contributed by atoms with Crippen LogP contribution in [0.5, 0.6) is 0 Å². The number of hydrogen-bond acceptors (Lipinski definition) is 6. The molecule has 0 saturated carbocycles. The number of tetrazole rings is 1. The van der Waals surface area contributed by atoms with Crippen molar-refractivity contribution >= 4 is 22.4 Å². The maximum atomic E-state index is 11.9. The summed E-state index contributed by atoms with van der Waals surface area (Å²) in [6, 6.07) is 8.43. The van der Waals surface area contributed by atoms with Gasteiger partial charge < -0.3 is 5.32 Å². The molecule has 7 nitrogen and oxygen atoms in total. The van der Waals surface area contributed by atoms with Crippen LogP contribution >= 0.6 is 11.3 Å². The summed E-state index contributed by atoms with van der Waals surface area (Å²) in [5.74, 6) is -0.201. The second-order valence-electron chi connectivity index (χ2n) is 5.25. The molecule has 0 spiro atoms. The quantitative estimate of drug-likeness (QED) is 0.774. The highest BCUT2D eigenvalue weighted by Crippen LogP contribution is 2.25. The lowest BCUT2D eigenvalue weighted by atomic mass is 10.1. The van der Waals surface area contributed by atoms with Gasteiger partial charge in [-0.2, -0.15) is 0 Å². The molecule has 0 fully saturated rings. The van der Waals surface area contributed by atoms with Crippen molar-refractivity contribution in [1.82, 2.24) is 25.2 Å². The highest BCUT2D eigenvalue weighted by Gasteiger charge is 2.11. The van der Waals surface area contributed by atoms with Crippen molar-refractivity contribution in [3.05, 3.63) is 52.3 Å². The lowest BCUT2D eigenvalue weighted by Gasteiger charge is -2.01. The third-order valence-corrected chi connectivity index (χ3v) is 4.39. The van der Waals surface area contributed by atoms with E-state index in [9.17, 15) is 4.79 Å². The van der Waals surface area contributed by atoms with Gasteiger partial charge in [0, 0.05) is 11.3 Å². The molecular formula is C15H16N6OS. The highest BCUT2D eigenvalue weighted by molar-refractivity contribution is 7.15. The predicted molar refractivity (Wildman–Crippen MR) is 87.3 cm³/mol. The Kier molecular flexibility index (Phi) is 4.42. The van der Waals surface area contributed by atoms with Crippen molar-refractivity contribution in [2.24, 2.45) is 0 Å². The first-order valence-corrected chi connectivity index (χ1v) is 7.94. The van der Waals surface area contributed by atoms with E-state index < -0.39 is 0 Å². The number of thiazole rings is 1. The van der Waals surface area contributed by atoms with Crippen molar-refractivity contribution < 1.29 is 4.79 Å². The van der Waals surface area contributed by atoms with E-state index in [1.54, 1.807) is 0 Å². The first-order valence-electron chi connectivity index (χ1n) is 7.12. The molecule has 0 bridgehead atoms. The Balaban J connectivity index is 1.65. The van der Waals surface area contributed by atoms with Crippen LogP contribution in [0.15, 0.2) is 30.6 Å². The summed E-state index contributed by atoms with van der Waals surface area (Å²) >= 11 is 1.50. The second-order valence-corrected chi connectivity index (χ2v) is 6.33. The molecule has 8 heteroatoms. The van der Waals surface area contributed by atoms with Gasteiger partial charge in [0.1, 0.15) is 12.9 Å². The molecule has 1 N–H and O–H groups in total. The summed E-state index contributed by atoms with van der Waals surface area (Å²) in [6.45, 7) is 4.09.